The maximum atomic E-state index is 11.9. The molecule has 0 aliphatic rings. The molecule has 0 aliphatic carbocycles. The molecule has 0 N–H and O–H groups in total. The van der Waals surface area contributed by atoms with E-state index in [9.17, 15) is 12.9 Å². The number of hydrogen-bond donors (Lipinski definition) is 0. The molecule has 0 saturated heterocycles. The smallest absolute Gasteiger partial charge is 0.445 e. The summed E-state index contributed by atoms with van der Waals surface area (Å²) in [6.45, 7) is -3.08. The SMILES string of the molecule is Cc1ccc(/C=C/[B-](F)(F)F)cc1Cl.[K+]. The van der Waals surface area contributed by atoms with E-state index in [1.165, 1.54) is 6.07 Å². The number of hydrogen-bond acceptors (Lipinski definition) is 0. The molecule has 76 valence electrons. The van der Waals surface area contributed by atoms with E-state index in [4.69, 9.17) is 11.6 Å². The Kier molecular flexibility index (Phi) is 6.79. The van der Waals surface area contributed by atoms with Gasteiger partial charge in [-0.25, -0.2) is 0 Å². The minimum Gasteiger partial charge on any atom is -0.445 e. The Hall–Kier alpha value is 0.741. The van der Waals surface area contributed by atoms with E-state index in [0.717, 1.165) is 11.6 Å². The Balaban J connectivity index is 0.00000196. The minimum absolute atomic E-state index is 0. The Morgan fingerprint density at radius 1 is 1.27 bits per heavy atom. The first-order valence-corrected chi connectivity index (χ1v) is 4.41. The van der Waals surface area contributed by atoms with Gasteiger partial charge in [0, 0.05) is 5.02 Å². The van der Waals surface area contributed by atoms with Crippen molar-refractivity contribution in [2.75, 3.05) is 0 Å². The summed E-state index contributed by atoms with van der Waals surface area (Å²) in [6.07, 6.45) is 1.02. The first-order valence-electron chi connectivity index (χ1n) is 4.04. The number of halogens is 4. The maximum Gasteiger partial charge on any atom is 1.00 e. The van der Waals surface area contributed by atoms with Crippen LogP contribution in [0.3, 0.4) is 0 Å². The van der Waals surface area contributed by atoms with E-state index in [0.29, 0.717) is 10.6 Å². The van der Waals surface area contributed by atoms with Gasteiger partial charge in [-0.05, 0) is 24.1 Å². The van der Waals surface area contributed by atoms with Crippen LogP contribution < -0.4 is 51.4 Å². The van der Waals surface area contributed by atoms with Gasteiger partial charge in [-0.1, -0.05) is 29.8 Å². The van der Waals surface area contributed by atoms with Crippen molar-refractivity contribution in [2.24, 2.45) is 0 Å². The monoisotopic (exact) mass is 258 g/mol. The molecule has 0 radical (unpaired) electrons. The molecule has 0 fully saturated rings. The predicted octanol–water partition coefficient (Wildman–Crippen LogP) is 1.05. The fraction of sp³-hybridized carbons (Fsp3) is 0.111. The van der Waals surface area contributed by atoms with Crippen LogP contribution in [0, 0.1) is 6.92 Å². The van der Waals surface area contributed by atoms with Crippen molar-refractivity contribution in [3.8, 4) is 0 Å². The summed E-state index contributed by atoms with van der Waals surface area (Å²) in [5.41, 5.74) is 1.31. The largest absolute Gasteiger partial charge is 1.00 e. The molecular weight excluding hydrogens is 250 g/mol. The van der Waals surface area contributed by atoms with Gasteiger partial charge < -0.3 is 12.9 Å². The Morgan fingerprint density at radius 2 is 1.87 bits per heavy atom. The molecule has 0 aliphatic heterocycles. The zero-order chi connectivity index (χ0) is 10.8. The number of benzene rings is 1. The molecule has 0 spiro atoms. The summed E-state index contributed by atoms with van der Waals surface area (Å²) in [4.78, 5) is 0. The van der Waals surface area contributed by atoms with Crippen LogP contribution in [0.4, 0.5) is 12.9 Å². The zero-order valence-corrected chi connectivity index (χ0v) is 12.4. The topological polar surface area (TPSA) is 0 Å². The summed E-state index contributed by atoms with van der Waals surface area (Å²) in [5.74, 6) is 0.251. The van der Waals surface area contributed by atoms with E-state index in [1.54, 1.807) is 19.1 Å². The van der Waals surface area contributed by atoms with E-state index < -0.39 is 6.98 Å². The predicted molar refractivity (Wildman–Crippen MR) is 54.3 cm³/mol. The molecule has 6 heteroatoms. The van der Waals surface area contributed by atoms with Crippen molar-refractivity contribution >= 4 is 24.7 Å². The maximum absolute atomic E-state index is 11.9. The van der Waals surface area contributed by atoms with Crippen molar-refractivity contribution in [3.05, 3.63) is 40.3 Å². The molecule has 0 heterocycles. The van der Waals surface area contributed by atoms with Gasteiger partial charge in [-0.3, -0.25) is 0 Å². The Morgan fingerprint density at radius 3 is 2.33 bits per heavy atom. The second-order valence-corrected chi connectivity index (χ2v) is 3.40. The molecule has 1 aromatic rings. The van der Waals surface area contributed by atoms with Gasteiger partial charge in [-0.15, -0.1) is 5.98 Å². The quantitative estimate of drug-likeness (QED) is 0.696. The van der Waals surface area contributed by atoms with Crippen LogP contribution in [0.15, 0.2) is 24.2 Å². The van der Waals surface area contributed by atoms with Crippen LogP contribution in [-0.4, -0.2) is 6.98 Å². The van der Waals surface area contributed by atoms with Gasteiger partial charge in [0.1, 0.15) is 0 Å². The summed E-state index contributed by atoms with van der Waals surface area (Å²) >= 11 is 5.75. The van der Waals surface area contributed by atoms with E-state index in [-0.39, 0.29) is 57.4 Å². The average Bonchev–Trinajstić information content (AvgIpc) is 2.06. The summed E-state index contributed by atoms with van der Waals surface area (Å²) < 4.78 is 35.6. The molecule has 15 heavy (non-hydrogen) atoms. The van der Waals surface area contributed by atoms with Crippen LogP contribution >= 0.6 is 11.6 Å². The third-order valence-corrected chi connectivity index (χ3v) is 2.11. The normalized spacial score (nSPS) is 11.5. The molecule has 1 aromatic carbocycles. The van der Waals surface area contributed by atoms with Crippen LogP contribution in [0.1, 0.15) is 11.1 Å². The van der Waals surface area contributed by atoms with Crippen molar-refractivity contribution in [2.45, 2.75) is 6.92 Å². The molecule has 0 amide bonds. The van der Waals surface area contributed by atoms with Crippen molar-refractivity contribution in [1.29, 1.82) is 0 Å². The number of rotatable bonds is 2. The molecule has 1 rings (SSSR count). The third-order valence-electron chi connectivity index (χ3n) is 1.70. The van der Waals surface area contributed by atoms with Gasteiger partial charge in [0.05, 0.1) is 0 Å². The van der Waals surface area contributed by atoms with Crippen LogP contribution in [0.5, 0.6) is 0 Å². The van der Waals surface area contributed by atoms with E-state index >= 15 is 0 Å². The molecule has 0 saturated carbocycles. The summed E-state index contributed by atoms with van der Waals surface area (Å²) in [6, 6.07) is 4.79. The summed E-state index contributed by atoms with van der Waals surface area (Å²) in [5, 5.41) is 0.474. The minimum atomic E-state index is -4.87. The summed E-state index contributed by atoms with van der Waals surface area (Å²) in [7, 11) is 0. The van der Waals surface area contributed by atoms with Gasteiger partial charge in [0.15, 0.2) is 0 Å². The Bertz CT molecular complexity index is 363. The van der Waals surface area contributed by atoms with Crippen molar-refractivity contribution < 1.29 is 64.3 Å². The standard InChI is InChI=1S/C9H8BClF3.K/c1-7-2-3-8(6-9(7)11)4-5-10(12,13)14;/h2-6H,1H3;/q-1;+1/b5-4+;. The first-order chi connectivity index (χ1) is 6.38. The molecule has 0 nitrogen and oxygen atoms in total. The van der Waals surface area contributed by atoms with Crippen molar-refractivity contribution in [1.82, 2.24) is 0 Å². The average molecular weight is 259 g/mol. The fourth-order valence-electron chi connectivity index (χ4n) is 0.933. The first kappa shape index (κ1) is 15.7. The van der Waals surface area contributed by atoms with Crippen LogP contribution in [0.2, 0.25) is 5.02 Å². The van der Waals surface area contributed by atoms with Gasteiger partial charge in [0.25, 0.3) is 0 Å². The number of aryl methyl sites for hydroxylation is 1. The molecule has 0 bridgehead atoms. The fourth-order valence-corrected chi connectivity index (χ4v) is 1.12. The van der Waals surface area contributed by atoms with Gasteiger partial charge >= 0.3 is 58.4 Å². The second kappa shape index (κ2) is 6.47. The van der Waals surface area contributed by atoms with E-state index in [1.807, 2.05) is 0 Å². The van der Waals surface area contributed by atoms with Crippen LogP contribution in [0.25, 0.3) is 6.08 Å². The van der Waals surface area contributed by atoms with E-state index in [2.05, 4.69) is 0 Å². The van der Waals surface area contributed by atoms with Gasteiger partial charge in [0.2, 0.25) is 0 Å². The molecular formula is C9H8BClF3K. The molecule has 0 aromatic heterocycles. The zero-order valence-electron chi connectivity index (χ0n) is 8.48. The Labute approximate surface area is 134 Å². The molecule has 0 atom stereocenters. The van der Waals surface area contributed by atoms with Crippen LogP contribution in [-0.2, 0) is 0 Å². The third kappa shape index (κ3) is 6.14. The second-order valence-electron chi connectivity index (χ2n) is 2.99. The van der Waals surface area contributed by atoms with Crippen molar-refractivity contribution in [3.63, 3.8) is 0 Å². The molecule has 0 unspecified atom stereocenters. The van der Waals surface area contributed by atoms with Gasteiger partial charge in [-0.2, -0.15) is 0 Å².